The molecule has 190 valence electrons. The van der Waals surface area contributed by atoms with E-state index in [1.165, 1.54) is 18.9 Å². The number of benzene rings is 3. The van der Waals surface area contributed by atoms with Gasteiger partial charge in [0.2, 0.25) is 5.91 Å². The summed E-state index contributed by atoms with van der Waals surface area (Å²) >= 11 is 1.28. The van der Waals surface area contributed by atoms with E-state index in [0.29, 0.717) is 22.2 Å². The van der Waals surface area contributed by atoms with Gasteiger partial charge in [-0.15, -0.1) is 10.2 Å². The molecule has 0 unspecified atom stereocenters. The average Bonchev–Trinajstić information content (AvgIpc) is 3.30. The number of esters is 1. The second-order valence-electron chi connectivity index (χ2n) is 8.49. The van der Waals surface area contributed by atoms with Crippen molar-refractivity contribution in [1.82, 2.24) is 14.8 Å². The summed E-state index contributed by atoms with van der Waals surface area (Å²) in [6.45, 7) is 6.27. The first-order chi connectivity index (χ1) is 17.9. The van der Waals surface area contributed by atoms with Gasteiger partial charge in [-0.2, -0.15) is 0 Å². The fraction of sp³-hybridized carbons (Fsp3) is 0.214. The number of hydrogen-bond donors (Lipinski definition) is 1. The Hall–Kier alpha value is -4.11. The maximum absolute atomic E-state index is 12.6. The Morgan fingerprint density at radius 2 is 1.59 bits per heavy atom. The predicted octanol–water partition coefficient (Wildman–Crippen LogP) is 5.29. The van der Waals surface area contributed by atoms with Crippen LogP contribution in [-0.2, 0) is 16.1 Å². The second-order valence-corrected chi connectivity index (χ2v) is 9.43. The predicted molar refractivity (Wildman–Crippen MR) is 143 cm³/mol. The Kier molecular flexibility index (Phi) is 8.25. The van der Waals surface area contributed by atoms with E-state index in [1.807, 2.05) is 67.8 Å². The van der Waals surface area contributed by atoms with Crippen LogP contribution in [0.4, 0.5) is 5.69 Å². The van der Waals surface area contributed by atoms with E-state index in [2.05, 4.69) is 15.5 Å². The summed E-state index contributed by atoms with van der Waals surface area (Å²) in [4.78, 5) is 24.2. The first kappa shape index (κ1) is 26.0. The van der Waals surface area contributed by atoms with Crippen molar-refractivity contribution in [3.63, 3.8) is 0 Å². The number of carbonyl (C=O) groups excluding carboxylic acids is 2. The SMILES string of the molecule is COC(=O)c1ccc(NC(=O)CSc2nnc(COc3c(C)cccc3C)n2-c2ccc(C)cc2)cc1. The van der Waals surface area contributed by atoms with Crippen molar-refractivity contribution in [2.75, 3.05) is 18.2 Å². The molecule has 4 aromatic rings. The largest absolute Gasteiger partial charge is 0.485 e. The normalized spacial score (nSPS) is 10.7. The molecule has 3 aromatic carbocycles. The van der Waals surface area contributed by atoms with Crippen molar-refractivity contribution >= 4 is 29.3 Å². The zero-order chi connectivity index (χ0) is 26.4. The minimum absolute atomic E-state index is 0.126. The molecule has 0 aliphatic carbocycles. The first-order valence-corrected chi connectivity index (χ1v) is 12.7. The van der Waals surface area contributed by atoms with Gasteiger partial charge < -0.3 is 14.8 Å². The Morgan fingerprint density at radius 1 is 0.919 bits per heavy atom. The standard InChI is InChI=1S/C28H28N4O4S/c1-18-8-14-23(15-9-18)32-24(16-36-26-19(2)6-5-7-20(26)3)30-31-28(32)37-17-25(33)29-22-12-10-21(11-13-22)27(34)35-4/h5-15H,16-17H2,1-4H3,(H,29,33). The molecule has 1 N–H and O–H groups in total. The average molecular weight is 517 g/mol. The number of anilines is 1. The summed E-state index contributed by atoms with van der Waals surface area (Å²) in [5.74, 6) is 0.949. The van der Waals surface area contributed by atoms with Crippen molar-refractivity contribution in [2.24, 2.45) is 0 Å². The van der Waals surface area contributed by atoms with E-state index in [9.17, 15) is 9.59 Å². The molecule has 0 saturated carbocycles. The number of aromatic nitrogens is 3. The zero-order valence-electron chi connectivity index (χ0n) is 21.1. The number of nitrogens with zero attached hydrogens (tertiary/aromatic N) is 3. The highest BCUT2D eigenvalue weighted by Crippen LogP contribution is 2.26. The number of para-hydroxylation sites is 1. The summed E-state index contributed by atoms with van der Waals surface area (Å²) in [5.41, 5.74) is 5.12. The number of carbonyl (C=O) groups is 2. The number of thioether (sulfide) groups is 1. The summed E-state index contributed by atoms with van der Waals surface area (Å²) < 4.78 is 12.8. The molecule has 0 atom stereocenters. The van der Waals surface area contributed by atoms with E-state index in [4.69, 9.17) is 9.47 Å². The lowest BCUT2D eigenvalue weighted by atomic mass is 10.1. The molecule has 0 fully saturated rings. The molecule has 0 saturated heterocycles. The first-order valence-electron chi connectivity index (χ1n) is 11.7. The van der Waals surface area contributed by atoms with Gasteiger partial charge in [0.1, 0.15) is 12.4 Å². The van der Waals surface area contributed by atoms with Gasteiger partial charge >= 0.3 is 5.97 Å². The number of methoxy groups -OCH3 is 1. The molecule has 8 nitrogen and oxygen atoms in total. The van der Waals surface area contributed by atoms with E-state index in [1.54, 1.807) is 24.3 Å². The quantitative estimate of drug-likeness (QED) is 0.239. The molecule has 9 heteroatoms. The molecule has 1 amide bonds. The number of rotatable bonds is 9. The van der Waals surface area contributed by atoms with Crippen LogP contribution in [0.5, 0.6) is 5.75 Å². The molecular formula is C28H28N4O4S. The van der Waals surface area contributed by atoms with Gasteiger partial charge in [0.15, 0.2) is 11.0 Å². The van der Waals surface area contributed by atoms with Gasteiger partial charge in [-0.1, -0.05) is 47.7 Å². The van der Waals surface area contributed by atoms with Gasteiger partial charge in [0.25, 0.3) is 0 Å². The minimum atomic E-state index is -0.429. The third kappa shape index (κ3) is 6.37. The van der Waals surface area contributed by atoms with Crippen LogP contribution in [0.25, 0.3) is 5.69 Å². The summed E-state index contributed by atoms with van der Waals surface area (Å²) in [5, 5.41) is 12.2. The highest BCUT2D eigenvalue weighted by Gasteiger charge is 2.17. The molecule has 0 bridgehead atoms. The summed E-state index contributed by atoms with van der Waals surface area (Å²) in [6, 6.07) is 20.6. The number of aryl methyl sites for hydroxylation is 3. The molecule has 0 aliphatic heterocycles. The lowest BCUT2D eigenvalue weighted by molar-refractivity contribution is -0.113. The van der Waals surface area contributed by atoms with E-state index < -0.39 is 5.97 Å². The molecule has 4 rings (SSSR count). The number of hydrogen-bond acceptors (Lipinski definition) is 7. The number of nitrogens with one attached hydrogen (secondary N) is 1. The van der Waals surface area contributed by atoms with Crippen LogP contribution in [-0.4, -0.2) is 39.5 Å². The Balaban J connectivity index is 1.49. The highest BCUT2D eigenvalue weighted by atomic mass is 32.2. The van der Waals surface area contributed by atoms with Crippen LogP contribution in [0.1, 0.15) is 32.9 Å². The molecule has 0 radical (unpaired) electrons. The molecule has 1 aromatic heterocycles. The van der Waals surface area contributed by atoms with Crippen molar-refractivity contribution in [1.29, 1.82) is 0 Å². The molecule has 1 heterocycles. The molecule has 0 aliphatic rings. The van der Waals surface area contributed by atoms with Crippen LogP contribution in [0, 0.1) is 20.8 Å². The van der Waals surface area contributed by atoms with Gasteiger partial charge in [-0.25, -0.2) is 4.79 Å². The van der Waals surface area contributed by atoms with Crippen molar-refractivity contribution in [3.8, 4) is 11.4 Å². The van der Waals surface area contributed by atoms with Crippen molar-refractivity contribution in [3.05, 3.63) is 94.8 Å². The maximum Gasteiger partial charge on any atom is 0.337 e. The Morgan fingerprint density at radius 3 is 2.24 bits per heavy atom. The van der Waals surface area contributed by atoms with Gasteiger partial charge in [-0.3, -0.25) is 9.36 Å². The van der Waals surface area contributed by atoms with E-state index >= 15 is 0 Å². The van der Waals surface area contributed by atoms with Crippen molar-refractivity contribution < 1.29 is 19.1 Å². The van der Waals surface area contributed by atoms with Crippen LogP contribution in [0.15, 0.2) is 71.9 Å². The lowest BCUT2D eigenvalue weighted by Gasteiger charge is -2.14. The third-order valence-electron chi connectivity index (χ3n) is 5.67. The second kappa shape index (κ2) is 11.7. The monoisotopic (exact) mass is 516 g/mol. The molecule has 37 heavy (non-hydrogen) atoms. The zero-order valence-corrected chi connectivity index (χ0v) is 22.0. The minimum Gasteiger partial charge on any atom is -0.485 e. The van der Waals surface area contributed by atoms with Crippen LogP contribution in [0.3, 0.4) is 0 Å². The summed E-state index contributed by atoms with van der Waals surface area (Å²) in [6.07, 6.45) is 0. The van der Waals surface area contributed by atoms with E-state index in [-0.39, 0.29) is 18.3 Å². The number of ether oxygens (including phenoxy) is 2. The van der Waals surface area contributed by atoms with Crippen molar-refractivity contribution in [2.45, 2.75) is 32.5 Å². The molecular weight excluding hydrogens is 488 g/mol. The smallest absolute Gasteiger partial charge is 0.337 e. The van der Waals surface area contributed by atoms with Crippen LogP contribution in [0.2, 0.25) is 0 Å². The van der Waals surface area contributed by atoms with Crippen LogP contribution < -0.4 is 10.1 Å². The van der Waals surface area contributed by atoms with Gasteiger partial charge in [0, 0.05) is 11.4 Å². The fourth-order valence-corrected chi connectivity index (χ4v) is 4.51. The fourth-order valence-electron chi connectivity index (χ4n) is 3.74. The van der Waals surface area contributed by atoms with E-state index in [0.717, 1.165) is 28.1 Å². The highest BCUT2D eigenvalue weighted by molar-refractivity contribution is 7.99. The maximum atomic E-state index is 12.6. The lowest BCUT2D eigenvalue weighted by Crippen LogP contribution is -2.15. The van der Waals surface area contributed by atoms with Gasteiger partial charge in [0.05, 0.1) is 18.4 Å². The van der Waals surface area contributed by atoms with Gasteiger partial charge in [-0.05, 0) is 68.3 Å². The molecule has 0 spiro atoms. The third-order valence-corrected chi connectivity index (χ3v) is 6.60. The Labute approximate surface area is 220 Å². The Bertz CT molecular complexity index is 1380. The van der Waals surface area contributed by atoms with Crippen LogP contribution >= 0.6 is 11.8 Å². The topological polar surface area (TPSA) is 95.3 Å². The summed E-state index contributed by atoms with van der Waals surface area (Å²) in [7, 11) is 1.33. The number of amides is 1.